The second-order valence-corrected chi connectivity index (χ2v) is 8.14. The van der Waals surface area contributed by atoms with Gasteiger partial charge < -0.3 is 29.9 Å². The fourth-order valence-corrected chi connectivity index (χ4v) is 3.67. The first-order chi connectivity index (χ1) is 14.6. The molecule has 2 rings (SSSR count). The van der Waals surface area contributed by atoms with E-state index < -0.39 is 37.3 Å². The van der Waals surface area contributed by atoms with Gasteiger partial charge in [-0.1, -0.05) is 69.9 Å². The molecule has 0 bridgehead atoms. The number of aliphatic hydroxyl groups is 4. The van der Waals surface area contributed by atoms with Crippen molar-refractivity contribution in [1.82, 2.24) is 15.0 Å². The maximum absolute atomic E-state index is 10.1. The molecule has 0 unspecified atom stereocenters. The standard InChI is InChI=1S/C21H39N3O6/c1-2-3-4-5-6-7-8-9-10-11-12-29-15-16-13-24(23-22-16)21-20(28)19(27)18(26)17(14-25)30-21/h13,17-21,25-28H,2-12,14-15H2,1H3/t17-,18-,19+,20-,21-/m1/s1. The Labute approximate surface area is 179 Å². The topological polar surface area (TPSA) is 130 Å². The normalized spacial score (nSPS) is 26.9. The first-order valence-corrected chi connectivity index (χ1v) is 11.4. The second-order valence-electron chi connectivity index (χ2n) is 8.14. The number of rotatable bonds is 15. The fraction of sp³-hybridized carbons (Fsp3) is 0.905. The molecule has 9 nitrogen and oxygen atoms in total. The average molecular weight is 430 g/mol. The third-order valence-electron chi connectivity index (χ3n) is 5.58. The number of nitrogens with zero attached hydrogens (tertiary/aromatic N) is 3. The van der Waals surface area contributed by atoms with Crippen LogP contribution in [-0.2, 0) is 16.1 Å². The molecule has 4 N–H and O–H groups in total. The Morgan fingerprint density at radius 2 is 1.57 bits per heavy atom. The monoisotopic (exact) mass is 429 g/mol. The lowest BCUT2D eigenvalue weighted by molar-refractivity contribution is -0.254. The van der Waals surface area contributed by atoms with Crippen LogP contribution in [-0.4, -0.2) is 73.0 Å². The van der Waals surface area contributed by atoms with Crippen LogP contribution in [0.25, 0.3) is 0 Å². The molecule has 1 aromatic rings. The molecule has 0 spiro atoms. The van der Waals surface area contributed by atoms with E-state index in [1.165, 1.54) is 56.0 Å². The molecule has 1 saturated heterocycles. The number of hydrogen-bond acceptors (Lipinski definition) is 8. The molecule has 0 amide bonds. The van der Waals surface area contributed by atoms with Crippen LogP contribution in [0.1, 0.15) is 83.1 Å². The van der Waals surface area contributed by atoms with Gasteiger partial charge >= 0.3 is 0 Å². The van der Waals surface area contributed by atoms with Crippen molar-refractivity contribution in [3.05, 3.63) is 11.9 Å². The Morgan fingerprint density at radius 1 is 0.933 bits per heavy atom. The maximum atomic E-state index is 10.1. The molecule has 0 aromatic carbocycles. The van der Waals surface area contributed by atoms with E-state index in [1.807, 2.05) is 0 Å². The molecule has 30 heavy (non-hydrogen) atoms. The van der Waals surface area contributed by atoms with E-state index >= 15 is 0 Å². The van der Waals surface area contributed by atoms with Crippen LogP contribution in [0.3, 0.4) is 0 Å². The van der Waals surface area contributed by atoms with Gasteiger partial charge in [-0.15, -0.1) is 5.10 Å². The van der Waals surface area contributed by atoms with Gasteiger partial charge in [0.2, 0.25) is 0 Å². The molecule has 0 radical (unpaired) electrons. The summed E-state index contributed by atoms with van der Waals surface area (Å²) in [6.07, 6.45) is 8.09. The number of aromatic nitrogens is 3. The summed E-state index contributed by atoms with van der Waals surface area (Å²) < 4.78 is 12.4. The zero-order valence-electron chi connectivity index (χ0n) is 18.1. The van der Waals surface area contributed by atoms with Crippen molar-refractivity contribution in [2.45, 2.75) is 108 Å². The first-order valence-electron chi connectivity index (χ1n) is 11.4. The summed E-state index contributed by atoms with van der Waals surface area (Å²) in [6, 6.07) is 0. The van der Waals surface area contributed by atoms with Gasteiger partial charge in [0.1, 0.15) is 30.1 Å². The minimum absolute atomic E-state index is 0.300. The largest absolute Gasteiger partial charge is 0.394 e. The number of ether oxygens (including phenoxy) is 2. The molecule has 1 aromatic heterocycles. The van der Waals surface area contributed by atoms with Crippen LogP contribution >= 0.6 is 0 Å². The summed E-state index contributed by atoms with van der Waals surface area (Å²) in [7, 11) is 0. The third kappa shape index (κ3) is 7.86. The van der Waals surface area contributed by atoms with Gasteiger partial charge in [0.05, 0.1) is 19.4 Å². The van der Waals surface area contributed by atoms with E-state index in [2.05, 4.69) is 17.2 Å². The predicted octanol–water partition coefficient (Wildman–Crippen LogP) is 1.69. The lowest BCUT2D eigenvalue weighted by Gasteiger charge is -2.39. The minimum Gasteiger partial charge on any atom is -0.394 e. The predicted molar refractivity (Wildman–Crippen MR) is 111 cm³/mol. The van der Waals surface area contributed by atoms with Gasteiger partial charge in [-0.25, -0.2) is 4.68 Å². The van der Waals surface area contributed by atoms with Gasteiger partial charge in [-0.3, -0.25) is 0 Å². The average Bonchev–Trinajstić information content (AvgIpc) is 3.21. The van der Waals surface area contributed by atoms with Crippen LogP contribution in [0, 0.1) is 0 Å². The highest BCUT2D eigenvalue weighted by molar-refractivity contribution is 4.95. The van der Waals surface area contributed by atoms with Crippen LogP contribution in [0.2, 0.25) is 0 Å². The summed E-state index contributed by atoms with van der Waals surface area (Å²) in [4.78, 5) is 0. The summed E-state index contributed by atoms with van der Waals surface area (Å²) in [6.45, 7) is 2.72. The first kappa shape index (κ1) is 25.2. The summed E-state index contributed by atoms with van der Waals surface area (Å²) in [5.41, 5.74) is 0.582. The third-order valence-corrected chi connectivity index (χ3v) is 5.58. The Bertz CT molecular complexity index is 571. The highest BCUT2D eigenvalue weighted by Crippen LogP contribution is 2.27. The SMILES string of the molecule is CCCCCCCCCCCCOCc1cn([C@@H]2O[C@H](CO)[C@@H](O)[C@H](O)[C@H]2O)nn1. The molecule has 1 fully saturated rings. The molecular formula is C21H39N3O6. The van der Waals surface area contributed by atoms with Gasteiger partial charge in [0.25, 0.3) is 0 Å². The maximum Gasteiger partial charge on any atom is 0.180 e. The molecule has 0 aliphatic carbocycles. The van der Waals surface area contributed by atoms with Crippen LogP contribution < -0.4 is 0 Å². The van der Waals surface area contributed by atoms with Crippen LogP contribution in [0.15, 0.2) is 6.20 Å². The Kier molecular flexibility index (Phi) is 11.8. The summed E-state index contributed by atoms with van der Waals surface area (Å²) in [5.74, 6) is 0. The smallest absolute Gasteiger partial charge is 0.180 e. The highest BCUT2D eigenvalue weighted by atomic mass is 16.6. The molecule has 2 heterocycles. The number of unbranched alkanes of at least 4 members (excludes halogenated alkanes) is 9. The van der Waals surface area contributed by atoms with E-state index in [0.717, 1.165) is 12.8 Å². The molecule has 0 saturated carbocycles. The molecule has 1 aliphatic heterocycles. The molecular weight excluding hydrogens is 390 g/mol. The minimum atomic E-state index is -1.44. The van der Waals surface area contributed by atoms with E-state index in [1.54, 1.807) is 6.20 Å². The fourth-order valence-electron chi connectivity index (χ4n) is 3.67. The lowest BCUT2D eigenvalue weighted by atomic mass is 9.98. The van der Waals surface area contributed by atoms with Gasteiger partial charge in [-0.2, -0.15) is 0 Å². The molecule has 5 atom stereocenters. The van der Waals surface area contributed by atoms with E-state index in [0.29, 0.717) is 18.9 Å². The summed E-state index contributed by atoms with van der Waals surface area (Å²) >= 11 is 0. The Balaban J connectivity index is 1.59. The second kappa shape index (κ2) is 14.1. The van der Waals surface area contributed by atoms with Crippen LogP contribution in [0.4, 0.5) is 0 Å². The lowest BCUT2D eigenvalue weighted by Crippen LogP contribution is -2.56. The zero-order chi connectivity index (χ0) is 21.8. The van der Waals surface area contributed by atoms with Gasteiger partial charge in [0, 0.05) is 6.61 Å². The Morgan fingerprint density at radius 3 is 2.20 bits per heavy atom. The van der Waals surface area contributed by atoms with Gasteiger partial charge in [-0.05, 0) is 6.42 Å². The molecule has 1 aliphatic rings. The summed E-state index contributed by atoms with van der Waals surface area (Å²) in [5, 5.41) is 47.1. The molecule has 174 valence electrons. The van der Waals surface area contributed by atoms with Crippen molar-refractivity contribution in [1.29, 1.82) is 0 Å². The van der Waals surface area contributed by atoms with E-state index in [-0.39, 0.29) is 0 Å². The number of hydrogen-bond donors (Lipinski definition) is 4. The van der Waals surface area contributed by atoms with Crippen molar-refractivity contribution in [3.63, 3.8) is 0 Å². The number of aliphatic hydroxyl groups excluding tert-OH is 4. The molecule has 9 heteroatoms. The van der Waals surface area contributed by atoms with E-state index in [4.69, 9.17) is 9.47 Å². The highest BCUT2D eigenvalue weighted by Gasteiger charge is 2.44. The Hall–Kier alpha value is -1.10. The van der Waals surface area contributed by atoms with Gasteiger partial charge in [0.15, 0.2) is 6.23 Å². The van der Waals surface area contributed by atoms with Crippen LogP contribution in [0.5, 0.6) is 0 Å². The van der Waals surface area contributed by atoms with Crippen molar-refractivity contribution in [2.24, 2.45) is 0 Å². The van der Waals surface area contributed by atoms with Crippen molar-refractivity contribution >= 4 is 0 Å². The van der Waals surface area contributed by atoms with E-state index in [9.17, 15) is 20.4 Å². The van der Waals surface area contributed by atoms with Crippen molar-refractivity contribution in [2.75, 3.05) is 13.2 Å². The quantitative estimate of drug-likeness (QED) is 0.310. The van der Waals surface area contributed by atoms with Crippen molar-refractivity contribution < 1.29 is 29.9 Å². The van der Waals surface area contributed by atoms with Crippen molar-refractivity contribution in [3.8, 4) is 0 Å². The zero-order valence-corrected chi connectivity index (χ0v) is 18.1.